The van der Waals surface area contributed by atoms with Gasteiger partial charge in [-0.2, -0.15) is 0 Å². The van der Waals surface area contributed by atoms with E-state index in [0.29, 0.717) is 18.1 Å². The first-order valence-corrected chi connectivity index (χ1v) is 5.36. The smallest absolute Gasteiger partial charge is 0.320 e. The summed E-state index contributed by atoms with van der Waals surface area (Å²) in [5.41, 5.74) is 6.28. The van der Waals surface area contributed by atoms with Crippen molar-refractivity contribution in [1.29, 1.82) is 0 Å². The molecule has 0 bridgehead atoms. The van der Waals surface area contributed by atoms with Gasteiger partial charge in [-0.15, -0.1) is 0 Å². The average Bonchev–Trinajstić information content (AvgIpc) is 2.29. The minimum absolute atomic E-state index is 0.263. The van der Waals surface area contributed by atoms with E-state index in [9.17, 15) is 4.79 Å². The van der Waals surface area contributed by atoms with Crippen LogP contribution in [0.5, 0.6) is 11.5 Å². The number of carbonyl (C=O) groups is 1. The van der Waals surface area contributed by atoms with Crippen molar-refractivity contribution in [1.82, 2.24) is 0 Å². The molecule has 0 saturated heterocycles. The van der Waals surface area contributed by atoms with Crippen molar-refractivity contribution in [3.8, 4) is 11.5 Å². The van der Waals surface area contributed by atoms with Crippen molar-refractivity contribution >= 4 is 5.97 Å². The number of benzene rings is 1. The van der Waals surface area contributed by atoms with Gasteiger partial charge < -0.3 is 20.3 Å². The molecule has 1 unspecified atom stereocenters. The third-order valence-corrected chi connectivity index (χ3v) is 2.30. The third-order valence-electron chi connectivity index (χ3n) is 2.30. The van der Waals surface area contributed by atoms with Crippen LogP contribution in [0.1, 0.15) is 12.5 Å². The minimum Gasteiger partial charge on any atom is -0.493 e. The standard InChI is InChI=1S/C12H17NO4/c1-3-17-11-7-8(4-5-10(11)16-2)6-9(13)12(14)15/h4-5,7,9H,3,6,13H2,1-2H3,(H,14,15). The lowest BCUT2D eigenvalue weighted by atomic mass is 10.1. The summed E-state index contributed by atoms with van der Waals surface area (Å²) in [7, 11) is 1.56. The Morgan fingerprint density at radius 1 is 1.47 bits per heavy atom. The molecule has 0 spiro atoms. The molecule has 94 valence electrons. The van der Waals surface area contributed by atoms with Gasteiger partial charge in [0.2, 0.25) is 0 Å². The first kappa shape index (κ1) is 13.3. The summed E-state index contributed by atoms with van der Waals surface area (Å²) < 4.78 is 10.5. The molecule has 1 aromatic carbocycles. The quantitative estimate of drug-likeness (QED) is 0.775. The predicted octanol–water partition coefficient (Wildman–Crippen LogP) is 1.05. The summed E-state index contributed by atoms with van der Waals surface area (Å²) in [6, 6.07) is 4.38. The van der Waals surface area contributed by atoms with Gasteiger partial charge in [0.05, 0.1) is 13.7 Å². The summed E-state index contributed by atoms with van der Waals surface area (Å²) in [6.45, 7) is 2.39. The van der Waals surface area contributed by atoms with Crippen molar-refractivity contribution in [3.63, 3.8) is 0 Å². The molecular formula is C12H17NO4. The van der Waals surface area contributed by atoms with Crippen LogP contribution in [-0.2, 0) is 11.2 Å². The van der Waals surface area contributed by atoms with Crippen molar-refractivity contribution in [2.75, 3.05) is 13.7 Å². The Morgan fingerprint density at radius 2 is 2.18 bits per heavy atom. The van der Waals surface area contributed by atoms with Gasteiger partial charge in [-0.05, 0) is 31.0 Å². The van der Waals surface area contributed by atoms with Crippen LogP contribution < -0.4 is 15.2 Å². The van der Waals surface area contributed by atoms with Crippen LogP contribution in [-0.4, -0.2) is 30.8 Å². The van der Waals surface area contributed by atoms with E-state index in [4.69, 9.17) is 20.3 Å². The second-order valence-electron chi connectivity index (χ2n) is 3.57. The molecule has 0 aliphatic heterocycles. The number of hydrogen-bond acceptors (Lipinski definition) is 4. The van der Waals surface area contributed by atoms with E-state index < -0.39 is 12.0 Å². The number of carboxylic acid groups (broad SMARTS) is 1. The maximum absolute atomic E-state index is 10.7. The Morgan fingerprint density at radius 3 is 2.71 bits per heavy atom. The highest BCUT2D eigenvalue weighted by atomic mass is 16.5. The zero-order valence-electron chi connectivity index (χ0n) is 9.97. The number of hydrogen-bond donors (Lipinski definition) is 2. The summed E-state index contributed by atoms with van der Waals surface area (Å²) in [4.78, 5) is 10.7. The molecule has 1 atom stereocenters. The van der Waals surface area contributed by atoms with Crippen LogP contribution in [0.3, 0.4) is 0 Å². The first-order valence-electron chi connectivity index (χ1n) is 5.36. The molecule has 0 aromatic heterocycles. The predicted molar refractivity (Wildman–Crippen MR) is 63.5 cm³/mol. The fourth-order valence-corrected chi connectivity index (χ4v) is 1.46. The molecule has 0 amide bonds. The van der Waals surface area contributed by atoms with E-state index in [0.717, 1.165) is 5.56 Å². The van der Waals surface area contributed by atoms with E-state index in [-0.39, 0.29) is 6.42 Å². The van der Waals surface area contributed by atoms with Gasteiger partial charge in [0, 0.05) is 0 Å². The number of carboxylic acids is 1. The first-order chi connectivity index (χ1) is 8.08. The number of methoxy groups -OCH3 is 1. The molecule has 0 fully saturated rings. The molecule has 3 N–H and O–H groups in total. The zero-order chi connectivity index (χ0) is 12.8. The maximum Gasteiger partial charge on any atom is 0.320 e. The van der Waals surface area contributed by atoms with Crippen molar-refractivity contribution in [3.05, 3.63) is 23.8 Å². The number of aliphatic carboxylic acids is 1. The van der Waals surface area contributed by atoms with E-state index in [1.54, 1.807) is 25.3 Å². The van der Waals surface area contributed by atoms with Crippen LogP contribution in [0.4, 0.5) is 0 Å². The molecule has 0 saturated carbocycles. The molecule has 0 aliphatic rings. The van der Waals surface area contributed by atoms with Gasteiger partial charge in [-0.25, -0.2) is 0 Å². The number of rotatable bonds is 6. The van der Waals surface area contributed by atoms with Crippen LogP contribution in [0, 0.1) is 0 Å². The monoisotopic (exact) mass is 239 g/mol. The molecule has 0 aliphatic carbocycles. The highest BCUT2D eigenvalue weighted by molar-refractivity contribution is 5.73. The van der Waals surface area contributed by atoms with Gasteiger partial charge in [0.15, 0.2) is 11.5 Å². The van der Waals surface area contributed by atoms with E-state index >= 15 is 0 Å². The summed E-state index contributed by atoms with van der Waals surface area (Å²) in [5, 5.41) is 8.74. The molecular weight excluding hydrogens is 222 g/mol. The second kappa shape index (κ2) is 6.10. The lowest BCUT2D eigenvalue weighted by Gasteiger charge is -2.12. The van der Waals surface area contributed by atoms with Gasteiger partial charge in [-0.1, -0.05) is 6.07 Å². The van der Waals surface area contributed by atoms with Crippen LogP contribution in [0.2, 0.25) is 0 Å². The Labute approximate surface area is 100 Å². The van der Waals surface area contributed by atoms with Gasteiger partial charge in [-0.3, -0.25) is 4.79 Å². The molecule has 5 heteroatoms. The fourth-order valence-electron chi connectivity index (χ4n) is 1.46. The van der Waals surface area contributed by atoms with Crippen LogP contribution in [0.15, 0.2) is 18.2 Å². The largest absolute Gasteiger partial charge is 0.493 e. The van der Waals surface area contributed by atoms with Crippen LogP contribution >= 0.6 is 0 Å². The zero-order valence-corrected chi connectivity index (χ0v) is 9.97. The summed E-state index contributed by atoms with van der Waals surface area (Å²) >= 11 is 0. The summed E-state index contributed by atoms with van der Waals surface area (Å²) in [6.07, 6.45) is 0.263. The maximum atomic E-state index is 10.7. The Bertz CT molecular complexity index is 392. The Kier molecular flexibility index (Phi) is 4.78. The highest BCUT2D eigenvalue weighted by Gasteiger charge is 2.13. The second-order valence-corrected chi connectivity index (χ2v) is 3.57. The van der Waals surface area contributed by atoms with E-state index in [1.165, 1.54) is 0 Å². The van der Waals surface area contributed by atoms with Gasteiger partial charge in [0.1, 0.15) is 6.04 Å². The Balaban J connectivity index is 2.87. The fraction of sp³-hybridized carbons (Fsp3) is 0.417. The summed E-state index contributed by atoms with van der Waals surface area (Å²) in [5.74, 6) is 0.211. The van der Waals surface area contributed by atoms with Crippen molar-refractivity contribution in [2.45, 2.75) is 19.4 Å². The lowest BCUT2D eigenvalue weighted by molar-refractivity contribution is -0.138. The van der Waals surface area contributed by atoms with E-state index in [1.807, 2.05) is 6.92 Å². The highest BCUT2D eigenvalue weighted by Crippen LogP contribution is 2.28. The van der Waals surface area contributed by atoms with Gasteiger partial charge >= 0.3 is 5.97 Å². The SMILES string of the molecule is CCOc1cc(CC(N)C(=O)O)ccc1OC. The van der Waals surface area contributed by atoms with Crippen LogP contribution in [0.25, 0.3) is 0 Å². The third kappa shape index (κ3) is 3.64. The molecule has 0 radical (unpaired) electrons. The molecule has 0 heterocycles. The lowest BCUT2D eigenvalue weighted by Crippen LogP contribution is -2.32. The van der Waals surface area contributed by atoms with Gasteiger partial charge in [0.25, 0.3) is 0 Å². The van der Waals surface area contributed by atoms with Crippen molar-refractivity contribution < 1.29 is 19.4 Å². The molecule has 17 heavy (non-hydrogen) atoms. The number of ether oxygens (including phenoxy) is 2. The minimum atomic E-state index is -1.02. The normalized spacial score (nSPS) is 11.9. The van der Waals surface area contributed by atoms with E-state index in [2.05, 4.69) is 0 Å². The Hall–Kier alpha value is -1.75. The molecule has 5 nitrogen and oxygen atoms in total. The molecule has 1 rings (SSSR count). The molecule has 1 aromatic rings. The van der Waals surface area contributed by atoms with Crippen molar-refractivity contribution in [2.24, 2.45) is 5.73 Å². The number of nitrogens with two attached hydrogens (primary N) is 1. The topological polar surface area (TPSA) is 81.8 Å². The average molecular weight is 239 g/mol.